The third kappa shape index (κ3) is 4.60. The van der Waals surface area contributed by atoms with Gasteiger partial charge in [0.05, 0.1) is 28.4 Å². The smallest absolute Gasteiger partial charge is 0.148 e. The number of nitrogens with zero attached hydrogens (tertiary/aromatic N) is 2. The summed E-state index contributed by atoms with van der Waals surface area (Å²) in [5.41, 5.74) is 2.50. The van der Waals surface area contributed by atoms with Gasteiger partial charge in [-0.15, -0.1) is 0 Å². The van der Waals surface area contributed by atoms with E-state index >= 15 is 0 Å². The zero-order valence-electron chi connectivity index (χ0n) is 13.2. The first-order valence-electron chi connectivity index (χ1n) is 7.17. The van der Waals surface area contributed by atoms with Crippen LogP contribution >= 0.6 is 23.2 Å². The van der Waals surface area contributed by atoms with Crippen LogP contribution < -0.4 is 5.32 Å². The number of anilines is 2. The lowest BCUT2D eigenvalue weighted by Gasteiger charge is -2.13. The molecule has 0 aromatic heterocycles. The zero-order valence-corrected chi connectivity index (χ0v) is 14.7. The van der Waals surface area contributed by atoms with Gasteiger partial charge in [0, 0.05) is 18.6 Å². The van der Waals surface area contributed by atoms with Crippen LogP contribution in [0.25, 0.3) is 0 Å². The van der Waals surface area contributed by atoms with Crippen LogP contribution in [0.2, 0.25) is 10.0 Å². The molecule has 0 saturated carbocycles. The molecule has 0 aliphatic rings. The molecule has 0 fully saturated rings. The first-order chi connectivity index (χ1) is 10.9. The van der Waals surface area contributed by atoms with E-state index in [0.717, 1.165) is 17.8 Å². The summed E-state index contributed by atoms with van der Waals surface area (Å²) in [5.74, 6) is -0.439. The van der Waals surface area contributed by atoms with Gasteiger partial charge in [-0.25, -0.2) is 9.38 Å². The molecule has 3 nitrogen and oxygen atoms in total. The monoisotopic (exact) mass is 353 g/mol. The minimum Gasteiger partial charge on any atom is -0.366 e. The fourth-order valence-corrected chi connectivity index (χ4v) is 2.21. The quantitative estimate of drug-likeness (QED) is 0.543. The molecule has 0 bridgehead atoms. The van der Waals surface area contributed by atoms with E-state index in [1.165, 1.54) is 6.07 Å². The van der Waals surface area contributed by atoms with Gasteiger partial charge >= 0.3 is 0 Å². The van der Waals surface area contributed by atoms with Crippen molar-refractivity contribution in [2.45, 2.75) is 13.8 Å². The third-order valence-electron chi connectivity index (χ3n) is 3.34. The van der Waals surface area contributed by atoms with Gasteiger partial charge in [-0.05, 0) is 49.7 Å². The van der Waals surface area contributed by atoms with Crippen molar-refractivity contribution in [3.63, 3.8) is 0 Å². The predicted octanol–water partition coefficient (Wildman–Crippen LogP) is 5.80. The number of rotatable bonds is 5. The Kier molecular flexibility index (Phi) is 5.85. The Morgan fingerprint density at radius 1 is 1.22 bits per heavy atom. The van der Waals surface area contributed by atoms with Crippen LogP contribution in [-0.4, -0.2) is 24.8 Å². The van der Waals surface area contributed by atoms with Gasteiger partial charge in [-0.2, -0.15) is 0 Å². The van der Waals surface area contributed by atoms with Crippen LogP contribution in [0.1, 0.15) is 12.5 Å². The van der Waals surface area contributed by atoms with E-state index in [1.54, 1.807) is 24.5 Å². The van der Waals surface area contributed by atoms with Crippen molar-refractivity contribution in [2.75, 3.05) is 18.9 Å². The molecule has 0 saturated heterocycles. The first kappa shape index (κ1) is 17.6. The van der Waals surface area contributed by atoms with Crippen LogP contribution in [0.5, 0.6) is 0 Å². The van der Waals surface area contributed by atoms with Crippen molar-refractivity contribution in [1.29, 1.82) is 0 Å². The highest BCUT2D eigenvalue weighted by Crippen LogP contribution is 2.34. The van der Waals surface area contributed by atoms with E-state index < -0.39 is 5.82 Å². The lowest BCUT2D eigenvalue weighted by molar-refractivity contribution is 0.552. The van der Waals surface area contributed by atoms with Crippen molar-refractivity contribution < 1.29 is 4.39 Å². The van der Waals surface area contributed by atoms with E-state index in [4.69, 9.17) is 23.2 Å². The van der Waals surface area contributed by atoms with Crippen molar-refractivity contribution >= 4 is 46.6 Å². The average molecular weight is 354 g/mol. The maximum absolute atomic E-state index is 13.9. The molecule has 0 atom stereocenters. The molecule has 23 heavy (non-hydrogen) atoms. The number of aryl methyl sites for hydroxylation is 1. The van der Waals surface area contributed by atoms with Gasteiger partial charge in [0.25, 0.3) is 0 Å². The molecule has 0 radical (unpaired) electrons. The summed E-state index contributed by atoms with van der Waals surface area (Å²) in [7, 11) is 1.94. The summed E-state index contributed by atoms with van der Waals surface area (Å²) in [4.78, 5) is 6.36. The third-order valence-corrected chi connectivity index (χ3v) is 4.08. The standard InChI is InChI=1S/C17H18Cl2FN3/c1-4-23(3)10-21-13-7-11(2)17(19)16(9-13)22-15-6-5-12(18)8-14(15)20/h5-10,22H,4H2,1-3H3. The average Bonchev–Trinajstić information content (AvgIpc) is 2.52. The SMILES string of the molecule is CCN(C)C=Nc1cc(C)c(Cl)c(Nc2ccc(Cl)cc2F)c1. The molecule has 122 valence electrons. The van der Waals surface area contributed by atoms with Crippen LogP contribution in [0.4, 0.5) is 21.5 Å². The van der Waals surface area contributed by atoms with E-state index in [2.05, 4.69) is 10.3 Å². The van der Waals surface area contributed by atoms with Gasteiger partial charge in [0.2, 0.25) is 0 Å². The van der Waals surface area contributed by atoms with Gasteiger partial charge in [-0.1, -0.05) is 23.2 Å². The molecule has 0 heterocycles. The number of nitrogens with one attached hydrogen (secondary N) is 1. The van der Waals surface area contributed by atoms with E-state index in [9.17, 15) is 4.39 Å². The minimum absolute atomic E-state index is 0.308. The van der Waals surface area contributed by atoms with Crippen LogP contribution in [0, 0.1) is 12.7 Å². The fourth-order valence-electron chi connectivity index (χ4n) is 1.90. The molecule has 6 heteroatoms. The summed E-state index contributed by atoms with van der Waals surface area (Å²) in [5, 5.41) is 3.87. The van der Waals surface area contributed by atoms with E-state index in [0.29, 0.717) is 21.4 Å². The second-order valence-electron chi connectivity index (χ2n) is 5.19. The highest BCUT2D eigenvalue weighted by molar-refractivity contribution is 6.34. The second kappa shape index (κ2) is 7.66. The fraction of sp³-hybridized carbons (Fsp3) is 0.235. The van der Waals surface area contributed by atoms with E-state index in [-0.39, 0.29) is 0 Å². The van der Waals surface area contributed by atoms with Gasteiger partial charge < -0.3 is 10.2 Å². The van der Waals surface area contributed by atoms with Crippen molar-refractivity contribution in [3.8, 4) is 0 Å². The molecule has 0 aliphatic heterocycles. The number of hydrogen-bond acceptors (Lipinski definition) is 2. The van der Waals surface area contributed by atoms with Crippen molar-refractivity contribution in [1.82, 2.24) is 4.90 Å². The zero-order chi connectivity index (χ0) is 17.0. The van der Waals surface area contributed by atoms with Gasteiger partial charge in [-0.3, -0.25) is 0 Å². The number of halogens is 3. The predicted molar refractivity (Wildman–Crippen MR) is 97.3 cm³/mol. The Morgan fingerprint density at radius 3 is 2.61 bits per heavy atom. The van der Waals surface area contributed by atoms with Crippen LogP contribution in [0.15, 0.2) is 35.3 Å². The maximum Gasteiger partial charge on any atom is 0.148 e. The Hall–Kier alpha value is -1.78. The molecule has 0 spiro atoms. The molecule has 2 rings (SSSR count). The number of hydrogen-bond donors (Lipinski definition) is 1. The van der Waals surface area contributed by atoms with Crippen molar-refractivity contribution in [3.05, 3.63) is 51.8 Å². The minimum atomic E-state index is -0.439. The lowest BCUT2D eigenvalue weighted by Crippen LogP contribution is -2.14. The van der Waals surface area contributed by atoms with Gasteiger partial charge in [0.15, 0.2) is 0 Å². The first-order valence-corrected chi connectivity index (χ1v) is 7.93. The Labute approximate surface area is 145 Å². The highest BCUT2D eigenvalue weighted by Gasteiger charge is 2.09. The second-order valence-corrected chi connectivity index (χ2v) is 6.01. The molecule has 2 aromatic rings. The lowest BCUT2D eigenvalue weighted by atomic mass is 10.2. The molecule has 2 aromatic carbocycles. The Balaban J connectivity index is 2.34. The molecule has 0 aliphatic carbocycles. The Bertz CT molecular complexity index is 732. The van der Waals surface area contributed by atoms with Crippen LogP contribution in [-0.2, 0) is 0 Å². The topological polar surface area (TPSA) is 27.6 Å². The number of benzene rings is 2. The molecule has 0 unspecified atom stereocenters. The molecular formula is C17H18Cl2FN3. The molecule has 0 amide bonds. The molecular weight excluding hydrogens is 336 g/mol. The van der Waals surface area contributed by atoms with Crippen molar-refractivity contribution in [2.24, 2.45) is 4.99 Å². The summed E-state index contributed by atoms with van der Waals surface area (Å²) in [6.45, 7) is 4.78. The van der Waals surface area contributed by atoms with Gasteiger partial charge in [0.1, 0.15) is 5.82 Å². The van der Waals surface area contributed by atoms with E-state index in [1.807, 2.05) is 31.9 Å². The summed E-state index contributed by atoms with van der Waals surface area (Å²) in [6, 6.07) is 8.11. The Morgan fingerprint density at radius 2 is 1.96 bits per heavy atom. The summed E-state index contributed by atoms with van der Waals surface area (Å²) < 4.78 is 13.9. The number of aliphatic imine (C=N–C) groups is 1. The molecule has 1 N–H and O–H groups in total. The van der Waals surface area contributed by atoms with Crippen LogP contribution in [0.3, 0.4) is 0 Å². The maximum atomic E-state index is 13.9. The largest absolute Gasteiger partial charge is 0.366 e. The summed E-state index contributed by atoms with van der Waals surface area (Å²) >= 11 is 12.1. The summed E-state index contributed by atoms with van der Waals surface area (Å²) in [6.07, 6.45) is 1.75. The normalized spacial score (nSPS) is 11.0. The highest BCUT2D eigenvalue weighted by atomic mass is 35.5.